The van der Waals surface area contributed by atoms with Gasteiger partial charge in [-0.3, -0.25) is 14.0 Å². The number of nitrogens with one attached hydrogen (secondary N) is 1. The summed E-state index contributed by atoms with van der Waals surface area (Å²) >= 11 is 2.98. The molecule has 112 valence electrons. The molecule has 0 unspecified atom stereocenters. The second kappa shape index (κ2) is 5.81. The molecule has 1 atom stereocenters. The molecule has 0 aliphatic heterocycles. The lowest BCUT2D eigenvalue weighted by atomic mass is 10.4. The molecule has 2 aromatic heterocycles. The highest BCUT2D eigenvalue weighted by atomic mass is 32.2. The highest BCUT2D eigenvalue weighted by molar-refractivity contribution is 7.99. The lowest BCUT2D eigenvalue weighted by Crippen LogP contribution is -2.32. The Balaban J connectivity index is 1.67. The molecule has 7 heteroatoms. The van der Waals surface area contributed by atoms with E-state index < -0.39 is 0 Å². The summed E-state index contributed by atoms with van der Waals surface area (Å²) in [6.07, 6.45) is 2.19. The standard InChI is InChI=1S/C14H17N3O2S2/c1-8-6-21-14-16-11(5-12(18)17(8)14)7-20-9(2)13(19)15-10-3-4-10/h5-6,9-10H,3-4,7H2,1-2H3,(H,15,19)/t9-/m0/s1. The molecule has 1 aliphatic carbocycles. The number of amides is 1. The predicted molar refractivity (Wildman–Crippen MR) is 86.0 cm³/mol. The topological polar surface area (TPSA) is 63.5 Å². The van der Waals surface area contributed by atoms with Gasteiger partial charge in [0, 0.05) is 28.9 Å². The summed E-state index contributed by atoms with van der Waals surface area (Å²) in [6, 6.07) is 1.94. The SMILES string of the molecule is Cc1csc2nc(CS[C@@H](C)C(=O)NC3CC3)cc(=O)n12. The number of aryl methyl sites for hydroxylation is 1. The minimum atomic E-state index is -0.129. The lowest BCUT2D eigenvalue weighted by Gasteiger charge is -2.11. The first-order chi connectivity index (χ1) is 10.0. The highest BCUT2D eigenvalue weighted by Crippen LogP contribution is 2.22. The van der Waals surface area contributed by atoms with E-state index in [4.69, 9.17) is 0 Å². The predicted octanol–water partition coefficient (Wildman–Crippen LogP) is 1.96. The number of fused-ring (bicyclic) bond motifs is 1. The van der Waals surface area contributed by atoms with Gasteiger partial charge in [0.05, 0.1) is 10.9 Å². The number of hydrogen-bond donors (Lipinski definition) is 1. The van der Waals surface area contributed by atoms with Crippen molar-refractivity contribution in [3.63, 3.8) is 0 Å². The molecule has 0 spiro atoms. The van der Waals surface area contributed by atoms with Gasteiger partial charge in [0.1, 0.15) is 0 Å². The van der Waals surface area contributed by atoms with Gasteiger partial charge in [0.2, 0.25) is 5.91 Å². The minimum Gasteiger partial charge on any atom is -0.352 e. The van der Waals surface area contributed by atoms with Crippen LogP contribution in [-0.2, 0) is 10.5 Å². The van der Waals surface area contributed by atoms with Crippen molar-refractivity contribution in [2.75, 3.05) is 0 Å². The van der Waals surface area contributed by atoms with Crippen LogP contribution in [0.4, 0.5) is 0 Å². The van der Waals surface area contributed by atoms with Crippen LogP contribution in [0, 0.1) is 6.92 Å². The van der Waals surface area contributed by atoms with Gasteiger partial charge in [-0.2, -0.15) is 0 Å². The summed E-state index contributed by atoms with van der Waals surface area (Å²) < 4.78 is 1.61. The summed E-state index contributed by atoms with van der Waals surface area (Å²) in [5.41, 5.74) is 1.59. The maximum absolute atomic E-state index is 12.1. The molecule has 1 saturated carbocycles. The Bertz CT molecular complexity index is 733. The molecule has 1 N–H and O–H groups in total. The minimum absolute atomic E-state index is 0.0514. The molecular weight excluding hydrogens is 306 g/mol. The summed E-state index contributed by atoms with van der Waals surface area (Å²) in [7, 11) is 0. The zero-order valence-corrected chi connectivity index (χ0v) is 13.6. The Morgan fingerprint density at radius 1 is 1.62 bits per heavy atom. The first-order valence-corrected chi connectivity index (χ1v) is 8.86. The first kappa shape index (κ1) is 14.6. The number of nitrogens with zero attached hydrogens (tertiary/aromatic N) is 2. The van der Waals surface area contributed by atoms with E-state index >= 15 is 0 Å². The number of hydrogen-bond acceptors (Lipinski definition) is 5. The Labute approximate surface area is 130 Å². The molecule has 3 rings (SSSR count). The van der Waals surface area contributed by atoms with Crippen molar-refractivity contribution in [1.82, 2.24) is 14.7 Å². The van der Waals surface area contributed by atoms with Crippen LogP contribution in [0.25, 0.3) is 4.96 Å². The maximum atomic E-state index is 12.1. The third kappa shape index (κ3) is 3.29. The number of thiazole rings is 1. The third-order valence-corrected chi connectivity index (χ3v) is 5.52. The monoisotopic (exact) mass is 323 g/mol. The fourth-order valence-electron chi connectivity index (χ4n) is 2.01. The van der Waals surface area contributed by atoms with E-state index in [1.54, 1.807) is 10.5 Å². The van der Waals surface area contributed by atoms with E-state index in [0.717, 1.165) is 24.2 Å². The van der Waals surface area contributed by atoms with Crippen molar-refractivity contribution in [3.8, 4) is 0 Å². The van der Waals surface area contributed by atoms with Gasteiger partial charge >= 0.3 is 0 Å². The summed E-state index contributed by atoms with van der Waals surface area (Å²) in [4.78, 5) is 29.1. The average Bonchev–Trinajstić information content (AvgIpc) is 3.18. The van der Waals surface area contributed by atoms with Crippen molar-refractivity contribution in [2.24, 2.45) is 0 Å². The summed E-state index contributed by atoms with van der Waals surface area (Å²) in [6.45, 7) is 3.79. The van der Waals surface area contributed by atoms with Crippen LogP contribution in [0.5, 0.6) is 0 Å². The van der Waals surface area contributed by atoms with Gasteiger partial charge in [0.25, 0.3) is 5.56 Å². The van der Waals surface area contributed by atoms with Crippen LogP contribution in [0.1, 0.15) is 31.2 Å². The Morgan fingerprint density at radius 3 is 3.10 bits per heavy atom. The van der Waals surface area contributed by atoms with Gasteiger partial charge < -0.3 is 5.32 Å². The first-order valence-electron chi connectivity index (χ1n) is 6.93. The molecule has 0 bridgehead atoms. The second-order valence-electron chi connectivity index (χ2n) is 5.32. The van der Waals surface area contributed by atoms with Crippen molar-refractivity contribution in [1.29, 1.82) is 0 Å². The van der Waals surface area contributed by atoms with Crippen molar-refractivity contribution < 1.29 is 4.79 Å². The zero-order valence-electron chi connectivity index (χ0n) is 12.0. The molecule has 0 saturated heterocycles. The average molecular weight is 323 g/mol. The van der Waals surface area contributed by atoms with Crippen molar-refractivity contribution in [2.45, 2.75) is 43.7 Å². The number of thioether (sulfide) groups is 1. The number of carbonyl (C=O) groups is 1. The van der Waals surface area contributed by atoms with E-state index in [-0.39, 0.29) is 16.7 Å². The second-order valence-corrected chi connectivity index (χ2v) is 7.48. The van der Waals surface area contributed by atoms with Crippen LogP contribution in [-0.4, -0.2) is 26.6 Å². The Hall–Kier alpha value is -1.34. The van der Waals surface area contributed by atoms with Gasteiger partial charge in [-0.1, -0.05) is 0 Å². The van der Waals surface area contributed by atoms with Crippen LogP contribution in [0.2, 0.25) is 0 Å². The van der Waals surface area contributed by atoms with E-state index in [0.29, 0.717) is 16.8 Å². The number of carbonyl (C=O) groups excluding carboxylic acids is 1. The van der Waals surface area contributed by atoms with Crippen LogP contribution < -0.4 is 10.9 Å². The largest absolute Gasteiger partial charge is 0.352 e. The van der Waals surface area contributed by atoms with Crippen LogP contribution >= 0.6 is 23.1 Å². The molecule has 1 fully saturated rings. The maximum Gasteiger partial charge on any atom is 0.258 e. The van der Waals surface area contributed by atoms with Gasteiger partial charge in [-0.15, -0.1) is 23.1 Å². The molecule has 2 aromatic rings. The lowest BCUT2D eigenvalue weighted by molar-refractivity contribution is -0.120. The fourth-order valence-corrected chi connectivity index (χ4v) is 3.69. The van der Waals surface area contributed by atoms with Gasteiger partial charge in [0.15, 0.2) is 4.96 Å². The fraction of sp³-hybridized carbons (Fsp3) is 0.500. The summed E-state index contributed by atoms with van der Waals surface area (Å²) in [5, 5.41) is 4.78. The van der Waals surface area contributed by atoms with E-state index in [9.17, 15) is 9.59 Å². The quantitative estimate of drug-likeness (QED) is 0.914. The van der Waals surface area contributed by atoms with Crippen LogP contribution in [0.3, 0.4) is 0 Å². The normalized spacial score (nSPS) is 16.1. The summed E-state index contributed by atoms with van der Waals surface area (Å²) in [5.74, 6) is 0.648. The van der Waals surface area contributed by atoms with E-state index in [1.165, 1.54) is 23.1 Å². The smallest absolute Gasteiger partial charge is 0.258 e. The molecular formula is C14H17N3O2S2. The molecule has 1 aliphatic rings. The molecule has 0 radical (unpaired) electrons. The van der Waals surface area contributed by atoms with E-state index in [2.05, 4.69) is 10.3 Å². The molecule has 21 heavy (non-hydrogen) atoms. The molecule has 1 amide bonds. The third-order valence-electron chi connectivity index (χ3n) is 3.40. The Morgan fingerprint density at radius 2 is 2.38 bits per heavy atom. The highest BCUT2D eigenvalue weighted by Gasteiger charge is 2.25. The molecule has 2 heterocycles. The zero-order chi connectivity index (χ0) is 15.0. The molecule has 0 aromatic carbocycles. The molecule has 5 nitrogen and oxygen atoms in total. The van der Waals surface area contributed by atoms with Crippen molar-refractivity contribution in [3.05, 3.63) is 33.2 Å². The van der Waals surface area contributed by atoms with Crippen molar-refractivity contribution >= 4 is 34.0 Å². The van der Waals surface area contributed by atoms with Crippen LogP contribution in [0.15, 0.2) is 16.2 Å². The Kier molecular flexibility index (Phi) is 4.03. The van der Waals surface area contributed by atoms with Gasteiger partial charge in [-0.25, -0.2) is 4.98 Å². The van der Waals surface area contributed by atoms with E-state index in [1.807, 2.05) is 19.2 Å². The number of aromatic nitrogens is 2. The van der Waals surface area contributed by atoms with Gasteiger partial charge in [-0.05, 0) is 26.7 Å². The number of rotatable bonds is 5.